The van der Waals surface area contributed by atoms with Crippen LogP contribution in [-0.4, -0.2) is 31.6 Å². The molecule has 6 heteroatoms. The van der Waals surface area contributed by atoms with Gasteiger partial charge in [-0.1, -0.05) is 121 Å². The number of unbranched alkanes of at least 4 members (excludes halogenated alkanes) is 16. The van der Waals surface area contributed by atoms with Crippen LogP contribution in [0.4, 0.5) is 0 Å². The van der Waals surface area contributed by atoms with Crippen LogP contribution in [0.25, 0.3) is 0 Å². The summed E-state index contributed by atoms with van der Waals surface area (Å²) in [7, 11) is 0. The summed E-state index contributed by atoms with van der Waals surface area (Å²) in [4.78, 5) is 11.9. The average Bonchev–Trinajstić information content (AvgIpc) is 3.57. The van der Waals surface area contributed by atoms with E-state index in [4.69, 9.17) is 14.2 Å². The minimum absolute atomic E-state index is 0.115. The molecule has 0 bridgehead atoms. The number of carbonyl (C=O) groups is 1. The maximum Gasteiger partial charge on any atom is 0.306 e. The highest BCUT2D eigenvalue weighted by Crippen LogP contribution is 2.19. The van der Waals surface area contributed by atoms with Gasteiger partial charge in [0.25, 0.3) is 0 Å². The molecule has 0 saturated carbocycles. The first-order chi connectivity index (χ1) is 17.8. The van der Waals surface area contributed by atoms with Crippen LogP contribution in [0.3, 0.4) is 0 Å². The van der Waals surface area contributed by atoms with Crippen molar-refractivity contribution in [2.45, 2.75) is 154 Å². The lowest BCUT2D eigenvalue weighted by atomic mass is 10.0. The van der Waals surface area contributed by atoms with Crippen molar-refractivity contribution in [2.24, 2.45) is 0 Å². The Morgan fingerprint density at radius 3 is 2.00 bits per heavy atom. The van der Waals surface area contributed by atoms with Crippen LogP contribution in [0.5, 0.6) is 0 Å². The fourth-order valence-electron chi connectivity index (χ4n) is 4.84. The second-order valence-corrected chi connectivity index (χ2v) is 11.3. The SMILES string of the molecule is CCCCCCCCCCCCCCCCCCC[C@H]1OC[C@H](COC(=O)CCC[n+]2ccsc2)O1. The Kier molecular flexibility index (Phi) is 19.1. The molecule has 1 aliphatic rings. The molecule has 1 aliphatic heterocycles. The van der Waals surface area contributed by atoms with Gasteiger partial charge < -0.3 is 14.2 Å². The highest BCUT2D eigenvalue weighted by atomic mass is 32.1. The van der Waals surface area contributed by atoms with Gasteiger partial charge in [-0.3, -0.25) is 4.79 Å². The number of carbonyl (C=O) groups excluding carboxylic acids is 1. The zero-order valence-corrected chi connectivity index (χ0v) is 24.0. The van der Waals surface area contributed by atoms with E-state index >= 15 is 0 Å². The summed E-state index contributed by atoms with van der Waals surface area (Å²) in [6, 6.07) is 0. The minimum Gasteiger partial charge on any atom is -0.463 e. The largest absolute Gasteiger partial charge is 0.463 e. The Morgan fingerprint density at radius 1 is 0.861 bits per heavy atom. The first-order valence-corrected chi connectivity index (χ1v) is 16.1. The Morgan fingerprint density at radius 2 is 1.44 bits per heavy atom. The molecule has 36 heavy (non-hydrogen) atoms. The monoisotopic (exact) mass is 524 g/mol. The molecule has 1 aromatic heterocycles. The third kappa shape index (κ3) is 16.7. The molecule has 1 aromatic rings. The van der Waals surface area contributed by atoms with E-state index in [1.165, 1.54) is 103 Å². The molecule has 2 rings (SSSR count). The van der Waals surface area contributed by atoms with Crippen LogP contribution in [0.2, 0.25) is 0 Å². The maximum atomic E-state index is 11.9. The van der Waals surface area contributed by atoms with E-state index in [0.29, 0.717) is 19.6 Å². The zero-order chi connectivity index (χ0) is 25.5. The van der Waals surface area contributed by atoms with E-state index in [0.717, 1.165) is 25.8 Å². The van der Waals surface area contributed by atoms with Crippen molar-refractivity contribution in [3.05, 3.63) is 17.1 Å². The van der Waals surface area contributed by atoms with Gasteiger partial charge in [-0.05, 0) is 12.8 Å². The summed E-state index contributed by atoms with van der Waals surface area (Å²) in [6.45, 7) is 3.97. The van der Waals surface area contributed by atoms with E-state index in [9.17, 15) is 4.79 Å². The van der Waals surface area contributed by atoms with Gasteiger partial charge in [0, 0.05) is 6.42 Å². The number of ether oxygens (including phenoxy) is 3. The number of aromatic nitrogens is 1. The number of hydrogen-bond donors (Lipinski definition) is 0. The van der Waals surface area contributed by atoms with Gasteiger partial charge in [0.2, 0.25) is 5.51 Å². The van der Waals surface area contributed by atoms with Gasteiger partial charge >= 0.3 is 5.97 Å². The summed E-state index contributed by atoms with van der Waals surface area (Å²) in [6.07, 6.45) is 27.5. The second-order valence-electron chi connectivity index (χ2n) is 10.5. The van der Waals surface area contributed by atoms with Crippen LogP contribution in [0.15, 0.2) is 17.1 Å². The van der Waals surface area contributed by atoms with Gasteiger partial charge in [0.05, 0.1) is 18.4 Å². The second kappa shape index (κ2) is 22.0. The van der Waals surface area contributed by atoms with Crippen molar-refractivity contribution >= 4 is 17.3 Å². The smallest absolute Gasteiger partial charge is 0.306 e. The molecule has 1 fully saturated rings. The number of thiazole rings is 1. The Hall–Kier alpha value is -0.980. The molecule has 0 spiro atoms. The Bertz CT molecular complexity index is 624. The predicted molar refractivity (Wildman–Crippen MR) is 148 cm³/mol. The van der Waals surface area contributed by atoms with E-state index < -0.39 is 0 Å². The lowest BCUT2D eigenvalue weighted by Crippen LogP contribution is -2.30. The van der Waals surface area contributed by atoms with Gasteiger partial charge in [-0.15, -0.1) is 0 Å². The average molecular weight is 525 g/mol. The highest BCUT2D eigenvalue weighted by molar-refractivity contribution is 7.07. The van der Waals surface area contributed by atoms with E-state index in [-0.39, 0.29) is 18.4 Å². The molecule has 208 valence electrons. The van der Waals surface area contributed by atoms with Crippen LogP contribution < -0.4 is 4.57 Å². The van der Waals surface area contributed by atoms with E-state index in [1.54, 1.807) is 11.3 Å². The molecular formula is C30H54NO4S+. The number of rotatable bonds is 24. The number of hydrogen-bond acceptors (Lipinski definition) is 5. The minimum atomic E-state index is -0.147. The number of nitrogens with zero attached hydrogens (tertiary/aromatic N) is 1. The molecule has 2 atom stereocenters. The van der Waals surface area contributed by atoms with Gasteiger partial charge in [-0.2, -0.15) is 4.57 Å². The topological polar surface area (TPSA) is 48.6 Å². The number of aryl methyl sites for hydroxylation is 1. The van der Waals surface area contributed by atoms with Crippen molar-refractivity contribution in [2.75, 3.05) is 13.2 Å². The molecule has 5 nitrogen and oxygen atoms in total. The summed E-state index contributed by atoms with van der Waals surface area (Å²) >= 11 is 1.66. The van der Waals surface area contributed by atoms with Crippen molar-refractivity contribution in [1.82, 2.24) is 0 Å². The first kappa shape index (κ1) is 31.2. The lowest BCUT2D eigenvalue weighted by Gasteiger charge is -2.12. The standard InChI is InChI=1S/C30H54NO4S/c1-2-3-4-5-6-7-8-9-10-11-12-13-14-15-16-17-18-21-30-34-26-28(35-30)25-33-29(32)20-19-22-31-23-24-36-27-31/h23-24,27-28,30H,2-22,25-26H2,1H3/q+1/t28-,30-/m0/s1. The van der Waals surface area contributed by atoms with Crippen LogP contribution in [0, 0.1) is 0 Å². The van der Waals surface area contributed by atoms with Crippen LogP contribution >= 0.6 is 11.3 Å². The van der Waals surface area contributed by atoms with Crippen molar-refractivity contribution < 1.29 is 23.6 Å². The molecule has 0 aromatic carbocycles. The fraction of sp³-hybridized carbons (Fsp3) is 0.867. The molecule has 0 aliphatic carbocycles. The normalized spacial score (nSPS) is 17.6. The maximum absolute atomic E-state index is 11.9. The summed E-state index contributed by atoms with van der Waals surface area (Å²) in [5.74, 6) is -0.147. The van der Waals surface area contributed by atoms with E-state index in [1.807, 2.05) is 11.6 Å². The third-order valence-electron chi connectivity index (χ3n) is 7.11. The lowest BCUT2D eigenvalue weighted by molar-refractivity contribution is -0.692. The molecule has 0 radical (unpaired) electrons. The molecule has 0 N–H and O–H groups in total. The van der Waals surface area contributed by atoms with Gasteiger partial charge in [-0.25, -0.2) is 0 Å². The molecule has 0 amide bonds. The molecule has 1 saturated heterocycles. The molecular weight excluding hydrogens is 470 g/mol. The first-order valence-electron chi connectivity index (χ1n) is 15.1. The zero-order valence-electron chi connectivity index (χ0n) is 23.1. The van der Waals surface area contributed by atoms with Crippen molar-refractivity contribution in [3.8, 4) is 0 Å². The Labute approximate surface area is 225 Å². The number of esters is 1. The molecule has 2 heterocycles. The van der Waals surface area contributed by atoms with Crippen LogP contribution in [-0.2, 0) is 25.5 Å². The van der Waals surface area contributed by atoms with Crippen molar-refractivity contribution in [3.63, 3.8) is 0 Å². The van der Waals surface area contributed by atoms with Crippen LogP contribution in [0.1, 0.15) is 135 Å². The summed E-state index contributed by atoms with van der Waals surface area (Å²) < 4.78 is 19.1. The third-order valence-corrected chi connectivity index (χ3v) is 7.78. The molecule has 0 unspecified atom stereocenters. The fourth-order valence-corrected chi connectivity index (χ4v) is 5.46. The highest BCUT2D eigenvalue weighted by Gasteiger charge is 2.26. The summed E-state index contributed by atoms with van der Waals surface area (Å²) in [5, 5.41) is 2.03. The predicted octanol–water partition coefficient (Wildman–Crippen LogP) is 8.14. The van der Waals surface area contributed by atoms with Gasteiger partial charge in [0.1, 0.15) is 19.3 Å². The van der Waals surface area contributed by atoms with Crippen molar-refractivity contribution in [1.29, 1.82) is 0 Å². The quantitative estimate of drug-likeness (QED) is 0.0778. The summed E-state index contributed by atoms with van der Waals surface area (Å²) in [5.41, 5.74) is 2.05. The van der Waals surface area contributed by atoms with Gasteiger partial charge in [0.15, 0.2) is 12.5 Å². The van der Waals surface area contributed by atoms with E-state index in [2.05, 4.69) is 17.0 Å². The Balaban J connectivity index is 1.28.